The molecule has 1 fully saturated rings. The molecule has 0 saturated carbocycles. The summed E-state index contributed by atoms with van der Waals surface area (Å²) in [6, 6.07) is 0.112. The lowest BCUT2D eigenvalue weighted by molar-refractivity contribution is 0.0288. The van der Waals surface area contributed by atoms with Crippen molar-refractivity contribution >= 4 is 12.4 Å². The lowest BCUT2D eigenvalue weighted by atomic mass is 10.2. The smallest absolute Gasteiger partial charge is 0.410 e. The lowest BCUT2D eigenvalue weighted by Crippen LogP contribution is -2.35. The number of aldehydes is 1. The number of amides is 1. The van der Waals surface area contributed by atoms with E-state index in [1.165, 1.54) is 6.20 Å². The number of carbonyl (C=O) groups excluding carboxylic acids is 2. The standard InChI is InChI=1S/C13H19N3O3/c1-13(2,3)19-12(18)15-5-4-11(8-15)16-7-10(9-17)6-14-16/h6-7,9,11H,4-5,8H2,1-3H3/t11-/m1/s1. The molecule has 19 heavy (non-hydrogen) atoms. The second-order valence-electron chi connectivity index (χ2n) is 5.74. The average Bonchev–Trinajstić information content (AvgIpc) is 2.95. The van der Waals surface area contributed by atoms with Crippen LogP contribution in [-0.4, -0.2) is 45.8 Å². The number of hydrogen-bond acceptors (Lipinski definition) is 4. The van der Waals surface area contributed by atoms with Gasteiger partial charge in [-0.3, -0.25) is 9.48 Å². The van der Waals surface area contributed by atoms with E-state index in [-0.39, 0.29) is 12.1 Å². The summed E-state index contributed by atoms with van der Waals surface area (Å²) >= 11 is 0. The Balaban J connectivity index is 1.96. The molecule has 2 heterocycles. The minimum Gasteiger partial charge on any atom is -0.444 e. The number of nitrogens with zero attached hydrogens (tertiary/aromatic N) is 3. The van der Waals surface area contributed by atoms with Crippen LogP contribution in [0.15, 0.2) is 12.4 Å². The van der Waals surface area contributed by atoms with Crippen LogP contribution in [0, 0.1) is 0 Å². The van der Waals surface area contributed by atoms with Crippen LogP contribution in [0.1, 0.15) is 43.6 Å². The van der Waals surface area contributed by atoms with E-state index in [9.17, 15) is 9.59 Å². The van der Waals surface area contributed by atoms with Crippen molar-refractivity contribution in [2.45, 2.75) is 38.8 Å². The Kier molecular flexibility index (Phi) is 3.59. The van der Waals surface area contributed by atoms with E-state index in [0.29, 0.717) is 18.7 Å². The van der Waals surface area contributed by atoms with Gasteiger partial charge in [-0.25, -0.2) is 4.79 Å². The highest BCUT2D eigenvalue weighted by Gasteiger charge is 2.30. The highest BCUT2D eigenvalue weighted by atomic mass is 16.6. The average molecular weight is 265 g/mol. The minimum atomic E-state index is -0.481. The van der Waals surface area contributed by atoms with Gasteiger partial charge >= 0.3 is 6.09 Å². The Labute approximate surface area is 112 Å². The summed E-state index contributed by atoms with van der Waals surface area (Å²) in [5.74, 6) is 0. The van der Waals surface area contributed by atoms with Gasteiger partial charge in [0.15, 0.2) is 6.29 Å². The lowest BCUT2D eigenvalue weighted by Gasteiger charge is -2.24. The van der Waals surface area contributed by atoms with E-state index < -0.39 is 5.60 Å². The van der Waals surface area contributed by atoms with Crippen molar-refractivity contribution in [2.75, 3.05) is 13.1 Å². The molecule has 1 amide bonds. The van der Waals surface area contributed by atoms with Gasteiger partial charge in [0.2, 0.25) is 0 Å². The molecule has 1 saturated heterocycles. The molecule has 1 aromatic rings. The number of hydrogen-bond donors (Lipinski definition) is 0. The summed E-state index contributed by atoms with van der Waals surface area (Å²) in [4.78, 5) is 24.2. The number of rotatable bonds is 2. The summed E-state index contributed by atoms with van der Waals surface area (Å²) in [6.07, 6.45) is 4.53. The summed E-state index contributed by atoms with van der Waals surface area (Å²) in [5, 5.41) is 4.14. The summed E-state index contributed by atoms with van der Waals surface area (Å²) in [7, 11) is 0. The Morgan fingerprint density at radius 2 is 2.26 bits per heavy atom. The van der Waals surface area contributed by atoms with Gasteiger partial charge in [-0.15, -0.1) is 0 Å². The van der Waals surface area contributed by atoms with Crippen LogP contribution in [0.3, 0.4) is 0 Å². The van der Waals surface area contributed by atoms with Gasteiger partial charge in [-0.2, -0.15) is 5.10 Å². The maximum absolute atomic E-state index is 11.9. The van der Waals surface area contributed by atoms with E-state index in [1.54, 1.807) is 15.8 Å². The zero-order valence-electron chi connectivity index (χ0n) is 11.5. The van der Waals surface area contributed by atoms with Gasteiger partial charge in [-0.1, -0.05) is 0 Å². The van der Waals surface area contributed by atoms with Gasteiger partial charge in [-0.05, 0) is 27.2 Å². The zero-order valence-corrected chi connectivity index (χ0v) is 11.5. The third-order valence-corrected chi connectivity index (χ3v) is 2.95. The Morgan fingerprint density at radius 1 is 1.53 bits per heavy atom. The van der Waals surface area contributed by atoms with E-state index in [1.807, 2.05) is 20.8 Å². The van der Waals surface area contributed by atoms with Gasteiger partial charge < -0.3 is 9.64 Å². The summed E-state index contributed by atoms with van der Waals surface area (Å²) < 4.78 is 7.08. The van der Waals surface area contributed by atoms with Crippen LogP contribution in [0.4, 0.5) is 4.79 Å². The third kappa shape index (κ3) is 3.33. The molecule has 1 aliphatic rings. The van der Waals surface area contributed by atoms with Gasteiger partial charge in [0.05, 0.1) is 17.8 Å². The molecule has 6 heteroatoms. The largest absolute Gasteiger partial charge is 0.444 e. The molecular formula is C13H19N3O3. The van der Waals surface area contributed by atoms with Crippen LogP contribution < -0.4 is 0 Å². The first-order chi connectivity index (χ1) is 8.89. The molecule has 0 unspecified atom stereocenters. The molecule has 0 N–H and O–H groups in total. The maximum atomic E-state index is 11.9. The first kappa shape index (κ1) is 13.6. The van der Waals surface area contributed by atoms with E-state index in [2.05, 4.69) is 5.10 Å². The number of carbonyl (C=O) groups is 2. The SMILES string of the molecule is CC(C)(C)OC(=O)N1CC[C@@H](n2cc(C=O)cn2)C1. The van der Waals surface area contributed by atoms with E-state index >= 15 is 0 Å². The van der Waals surface area contributed by atoms with Crippen LogP contribution >= 0.6 is 0 Å². The van der Waals surface area contributed by atoms with E-state index in [0.717, 1.165) is 12.7 Å². The maximum Gasteiger partial charge on any atom is 0.410 e. The highest BCUT2D eigenvalue weighted by molar-refractivity contribution is 5.73. The van der Waals surface area contributed by atoms with Crippen LogP contribution in [0.2, 0.25) is 0 Å². The first-order valence-corrected chi connectivity index (χ1v) is 6.36. The van der Waals surface area contributed by atoms with Crippen molar-refractivity contribution in [3.05, 3.63) is 18.0 Å². The van der Waals surface area contributed by atoms with Gasteiger partial charge in [0.1, 0.15) is 5.60 Å². The van der Waals surface area contributed by atoms with Crippen molar-refractivity contribution < 1.29 is 14.3 Å². The Morgan fingerprint density at radius 3 is 2.84 bits per heavy atom. The van der Waals surface area contributed by atoms with Crippen molar-refractivity contribution in [2.24, 2.45) is 0 Å². The molecule has 0 aromatic carbocycles. The predicted molar refractivity (Wildman–Crippen MR) is 69.1 cm³/mol. The number of aromatic nitrogens is 2. The molecule has 0 radical (unpaired) electrons. The Bertz CT molecular complexity index is 476. The van der Waals surface area contributed by atoms with Crippen molar-refractivity contribution in [3.63, 3.8) is 0 Å². The van der Waals surface area contributed by atoms with Crippen LogP contribution in [0.25, 0.3) is 0 Å². The number of likely N-dealkylation sites (tertiary alicyclic amines) is 1. The molecule has 0 bridgehead atoms. The summed E-state index contributed by atoms with van der Waals surface area (Å²) in [5.41, 5.74) is 0.0710. The fourth-order valence-corrected chi connectivity index (χ4v) is 2.06. The van der Waals surface area contributed by atoms with E-state index in [4.69, 9.17) is 4.74 Å². The van der Waals surface area contributed by atoms with Crippen LogP contribution in [-0.2, 0) is 4.74 Å². The zero-order chi connectivity index (χ0) is 14.0. The molecule has 0 aliphatic carbocycles. The summed E-state index contributed by atoms with van der Waals surface area (Å²) in [6.45, 7) is 6.76. The second-order valence-corrected chi connectivity index (χ2v) is 5.74. The number of ether oxygens (including phenoxy) is 1. The molecule has 1 atom stereocenters. The molecular weight excluding hydrogens is 246 g/mol. The second kappa shape index (κ2) is 5.03. The predicted octanol–water partition coefficient (Wildman–Crippen LogP) is 1.88. The fourth-order valence-electron chi connectivity index (χ4n) is 2.06. The molecule has 2 rings (SSSR count). The molecule has 0 spiro atoms. The van der Waals surface area contributed by atoms with Gasteiger partial charge in [0, 0.05) is 19.3 Å². The third-order valence-electron chi connectivity index (χ3n) is 2.95. The first-order valence-electron chi connectivity index (χ1n) is 6.36. The van der Waals surface area contributed by atoms with Crippen molar-refractivity contribution in [1.29, 1.82) is 0 Å². The molecule has 104 valence electrons. The topological polar surface area (TPSA) is 64.4 Å². The fraction of sp³-hybridized carbons (Fsp3) is 0.615. The van der Waals surface area contributed by atoms with Crippen molar-refractivity contribution in [3.8, 4) is 0 Å². The molecule has 6 nitrogen and oxygen atoms in total. The monoisotopic (exact) mass is 265 g/mol. The van der Waals surface area contributed by atoms with Crippen LogP contribution in [0.5, 0.6) is 0 Å². The van der Waals surface area contributed by atoms with Gasteiger partial charge in [0.25, 0.3) is 0 Å². The Hall–Kier alpha value is -1.85. The van der Waals surface area contributed by atoms with Crippen molar-refractivity contribution in [1.82, 2.24) is 14.7 Å². The highest BCUT2D eigenvalue weighted by Crippen LogP contribution is 2.23. The molecule has 1 aliphatic heterocycles. The minimum absolute atomic E-state index is 0.112. The quantitative estimate of drug-likeness (QED) is 0.766. The molecule has 1 aromatic heterocycles. The normalized spacial score (nSPS) is 19.5.